The number of carbonyl (C=O) groups is 1. The Morgan fingerprint density at radius 3 is 2.50 bits per heavy atom. The highest BCUT2D eigenvalue weighted by molar-refractivity contribution is 5.93. The van der Waals surface area contributed by atoms with Crippen LogP contribution < -0.4 is 15.1 Å². The van der Waals surface area contributed by atoms with Crippen LogP contribution in [0.5, 0.6) is 0 Å². The first-order valence-corrected chi connectivity index (χ1v) is 10.1. The second-order valence-electron chi connectivity index (χ2n) is 7.98. The van der Waals surface area contributed by atoms with Crippen molar-refractivity contribution in [1.82, 2.24) is 15.3 Å². The van der Waals surface area contributed by atoms with Crippen molar-refractivity contribution in [2.75, 3.05) is 37.0 Å². The molecule has 3 rings (SSSR count). The van der Waals surface area contributed by atoms with Gasteiger partial charge < -0.3 is 15.1 Å². The molecule has 1 aliphatic rings. The highest BCUT2D eigenvalue weighted by Crippen LogP contribution is 2.27. The van der Waals surface area contributed by atoms with Gasteiger partial charge in [0.15, 0.2) is 0 Å². The Kier molecular flexibility index (Phi) is 6.49. The normalized spacial score (nSPS) is 13.5. The first-order chi connectivity index (χ1) is 13.4. The summed E-state index contributed by atoms with van der Waals surface area (Å²) in [6, 6.07) is 12.4. The van der Waals surface area contributed by atoms with Crippen LogP contribution in [0.1, 0.15) is 42.7 Å². The standard InChI is InChI=1S/C22H31N5O/c1-16(2)27(13-12-17-8-6-5-7-9-17)22-24-19(14-20(25-22)26(3)4)21(28)23-15-18-10-11-18/h5-9,14,16,18H,10-13,15H2,1-4H3,(H,23,28). The molecule has 1 aliphatic carbocycles. The van der Waals surface area contributed by atoms with E-state index in [4.69, 9.17) is 4.98 Å². The van der Waals surface area contributed by atoms with E-state index in [2.05, 4.69) is 53.3 Å². The zero-order valence-electron chi connectivity index (χ0n) is 17.4. The maximum atomic E-state index is 12.6. The van der Waals surface area contributed by atoms with Gasteiger partial charge >= 0.3 is 0 Å². The number of aromatic nitrogens is 2. The zero-order valence-corrected chi connectivity index (χ0v) is 17.4. The van der Waals surface area contributed by atoms with E-state index in [0.717, 1.165) is 25.3 Å². The fourth-order valence-corrected chi connectivity index (χ4v) is 3.03. The summed E-state index contributed by atoms with van der Waals surface area (Å²) in [4.78, 5) is 26.1. The van der Waals surface area contributed by atoms with Crippen molar-refractivity contribution in [3.05, 3.63) is 47.7 Å². The summed E-state index contributed by atoms with van der Waals surface area (Å²) in [7, 11) is 3.86. The number of rotatable bonds is 9. The molecule has 1 N–H and O–H groups in total. The van der Waals surface area contributed by atoms with Crippen molar-refractivity contribution < 1.29 is 4.79 Å². The lowest BCUT2D eigenvalue weighted by atomic mass is 10.1. The third-order valence-electron chi connectivity index (χ3n) is 5.00. The quantitative estimate of drug-likeness (QED) is 0.723. The molecule has 0 bridgehead atoms. The molecule has 2 aromatic rings. The van der Waals surface area contributed by atoms with Crippen LogP contribution in [0.3, 0.4) is 0 Å². The smallest absolute Gasteiger partial charge is 0.270 e. The van der Waals surface area contributed by atoms with E-state index in [1.807, 2.05) is 25.1 Å². The van der Waals surface area contributed by atoms with E-state index >= 15 is 0 Å². The second-order valence-corrected chi connectivity index (χ2v) is 7.98. The zero-order chi connectivity index (χ0) is 20.1. The lowest BCUT2D eigenvalue weighted by Gasteiger charge is -2.28. The molecular weight excluding hydrogens is 350 g/mol. The number of nitrogens with one attached hydrogen (secondary N) is 1. The average molecular weight is 382 g/mol. The predicted octanol–water partition coefficient (Wildman–Crippen LogP) is 3.14. The lowest BCUT2D eigenvalue weighted by Crippen LogP contribution is -2.35. The number of hydrogen-bond acceptors (Lipinski definition) is 5. The summed E-state index contributed by atoms with van der Waals surface area (Å²) < 4.78 is 0. The molecule has 6 heteroatoms. The average Bonchev–Trinajstić information content (AvgIpc) is 3.51. The van der Waals surface area contributed by atoms with Gasteiger partial charge in [-0.2, -0.15) is 4.98 Å². The van der Waals surface area contributed by atoms with E-state index in [1.54, 1.807) is 6.07 Å². The van der Waals surface area contributed by atoms with E-state index in [1.165, 1.54) is 18.4 Å². The van der Waals surface area contributed by atoms with Crippen molar-refractivity contribution in [2.45, 2.75) is 39.2 Å². The molecule has 0 unspecified atom stereocenters. The largest absolute Gasteiger partial charge is 0.363 e. The van der Waals surface area contributed by atoms with E-state index < -0.39 is 0 Å². The van der Waals surface area contributed by atoms with E-state index in [9.17, 15) is 4.79 Å². The Labute approximate surface area is 168 Å². The molecule has 1 amide bonds. The van der Waals surface area contributed by atoms with Crippen LogP contribution >= 0.6 is 0 Å². The van der Waals surface area contributed by atoms with Crippen LogP contribution in [0.15, 0.2) is 36.4 Å². The maximum Gasteiger partial charge on any atom is 0.270 e. The Bertz CT molecular complexity index is 787. The van der Waals surface area contributed by atoms with Crippen molar-refractivity contribution in [2.24, 2.45) is 5.92 Å². The number of nitrogens with zero attached hydrogens (tertiary/aromatic N) is 4. The molecular formula is C22H31N5O. The van der Waals surface area contributed by atoms with Gasteiger partial charge in [-0.3, -0.25) is 4.79 Å². The fraction of sp³-hybridized carbons (Fsp3) is 0.500. The van der Waals surface area contributed by atoms with Crippen LogP contribution in [0.4, 0.5) is 11.8 Å². The van der Waals surface area contributed by atoms with Crippen molar-refractivity contribution in [3.8, 4) is 0 Å². The molecule has 1 heterocycles. The second kappa shape index (κ2) is 9.04. The molecule has 0 radical (unpaired) electrons. The number of amides is 1. The van der Waals surface area contributed by atoms with Crippen LogP contribution in [-0.4, -0.2) is 49.1 Å². The topological polar surface area (TPSA) is 61.4 Å². The van der Waals surface area contributed by atoms with Gasteiger partial charge in [0.2, 0.25) is 5.95 Å². The van der Waals surface area contributed by atoms with Gasteiger partial charge in [-0.05, 0) is 44.6 Å². The van der Waals surface area contributed by atoms with Gasteiger partial charge in [-0.25, -0.2) is 4.98 Å². The number of benzene rings is 1. The third kappa shape index (κ3) is 5.44. The summed E-state index contributed by atoms with van der Waals surface area (Å²) in [5.41, 5.74) is 1.71. The number of carbonyl (C=O) groups excluding carboxylic acids is 1. The molecule has 1 saturated carbocycles. The van der Waals surface area contributed by atoms with Gasteiger partial charge in [-0.15, -0.1) is 0 Å². The summed E-state index contributed by atoms with van der Waals surface area (Å²) in [5, 5.41) is 3.01. The molecule has 6 nitrogen and oxygen atoms in total. The molecule has 1 aromatic heterocycles. The van der Waals surface area contributed by atoms with Gasteiger partial charge in [0.25, 0.3) is 5.91 Å². The Morgan fingerprint density at radius 2 is 1.89 bits per heavy atom. The minimum absolute atomic E-state index is 0.120. The number of anilines is 2. The summed E-state index contributed by atoms with van der Waals surface area (Å²) >= 11 is 0. The van der Waals surface area contributed by atoms with Gasteiger partial charge in [0.1, 0.15) is 11.5 Å². The van der Waals surface area contributed by atoms with Crippen LogP contribution in [0.2, 0.25) is 0 Å². The third-order valence-corrected chi connectivity index (χ3v) is 5.00. The van der Waals surface area contributed by atoms with Gasteiger partial charge in [0, 0.05) is 39.3 Å². The van der Waals surface area contributed by atoms with Gasteiger partial charge in [-0.1, -0.05) is 30.3 Å². The molecule has 0 saturated heterocycles. The summed E-state index contributed by atoms with van der Waals surface area (Å²) in [6.07, 6.45) is 3.31. The molecule has 0 aliphatic heterocycles. The Balaban J connectivity index is 1.82. The number of hydrogen-bond donors (Lipinski definition) is 1. The summed E-state index contributed by atoms with van der Waals surface area (Å²) in [5.74, 6) is 1.86. The van der Waals surface area contributed by atoms with Crippen molar-refractivity contribution in [3.63, 3.8) is 0 Å². The molecule has 0 spiro atoms. The Morgan fingerprint density at radius 1 is 1.18 bits per heavy atom. The highest BCUT2D eigenvalue weighted by Gasteiger charge is 2.23. The molecule has 150 valence electrons. The fourth-order valence-electron chi connectivity index (χ4n) is 3.03. The highest BCUT2D eigenvalue weighted by atomic mass is 16.1. The molecule has 28 heavy (non-hydrogen) atoms. The van der Waals surface area contributed by atoms with E-state index in [-0.39, 0.29) is 11.9 Å². The van der Waals surface area contributed by atoms with Crippen molar-refractivity contribution in [1.29, 1.82) is 0 Å². The first kappa shape index (κ1) is 20.1. The minimum atomic E-state index is -0.120. The monoisotopic (exact) mass is 381 g/mol. The first-order valence-electron chi connectivity index (χ1n) is 10.1. The molecule has 1 aromatic carbocycles. The minimum Gasteiger partial charge on any atom is -0.363 e. The SMILES string of the molecule is CC(C)N(CCc1ccccc1)c1nc(C(=O)NCC2CC2)cc(N(C)C)n1. The van der Waals surface area contributed by atoms with Crippen LogP contribution in [-0.2, 0) is 6.42 Å². The summed E-state index contributed by atoms with van der Waals surface area (Å²) in [6.45, 7) is 5.78. The lowest BCUT2D eigenvalue weighted by molar-refractivity contribution is 0.0946. The van der Waals surface area contributed by atoms with Crippen molar-refractivity contribution >= 4 is 17.7 Å². The molecule has 1 fully saturated rings. The Hall–Kier alpha value is -2.63. The maximum absolute atomic E-state index is 12.6. The van der Waals surface area contributed by atoms with Crippen LogP contribution in [0.25, 0.3) is 0 Å². The van der Waals surface area contributed by atoms with Gasteiger partial charge in [0.05, 0.1) is 0 Å². The molecule has 0 atom stereocenters. The van der Waals surface area contributed by atoms with Crippen LogP contribution in [0, 0.1) is 5.92 Å². The predicted molar refractivity (Wildman–Crippen MR) is 114 cm³/mol. The van der Waals surface area contributed by atoms with E-state index in [0.29, 0.717) is 17.6 Å².